The monoisotopic (exact) mass is 270 g/mol. The molecule has 1 rings (SSSR count). The fraction of sp³-hybridized carbons (Fsp3) is 1.00. The molecule has 0 spiro atoms. The van der Waals surface area contributed by atoms with Crippen molar-refractivity contribution in [3.8, 4) is 0 Å². The Morgan fingerprint density at radius 3 is 1.14 bits per heavy atom. The Kier molecular flexibility index (Phi) is 5.17. The van der Waals surface area contributed by atoms with Gasteiger partial charge < -0.3 is 10.6 Å². The van der Waals surface area contributed by atoms with Crippen molar-refractivity contribution >= 4 is 0 Å². The number of hydrogen-bond donors (Lipinski definition) is 2. The van der Waals surface area contributed by atoms with Crippen molar-refractivity contribution < 1.29 is 21.1 Å². The first-order valence-corrected chi connectivity index (χ1v) is 2.41. The minimum absolute atomic E-state index is 0. The molecule has 3 heteroatoms. The molecule has 2 N–H and O–H groups in total. The maximum absolute atomic E-state index is 3.22. The summed E-state index contributed by atoms with van der Waals surface area (Å²) in [6.07, 6.45) is 0. The fourth-order valence-corrected chi connectivity index (χ4v) is 0.604. The van der Waals surface area contributed by atoms with E-state index in [1.807, 2.05) is 0 Å². The summed E-state index contributed by atoms with van der Waals surface area (Å²) in [7, 11) is 0. The van der Waals surface area contributed by atoms with Crippen molar-refractivity contribution in [3.63, 3.8) is 0 Å². The normalized spacial score (nSPS) is 20.6. The predicted octanol–water partition coefficient (Wildman–Crippen LogP) is -0.823. The number of rotatable bonds is 0. The quantitative estimate of drug-likeness (QED) is 0.601. The molecule has 0 atom stereocenters. The van der Waals surface area contributed by atoms with Crippen LogP contribution < -0.4 is 10.6 Å². The second kappa shape index (κ2) is 4.76. The van der Waals surface area contributed by atoms with Gasteiger partial charge in [0, 0.05) is 47.2 Å². The number of hydrogen-bond acceptors (Lipinski definition) is 2. The van der Waals surface area contributed by atoms with Crippen molar-refractivity contribution in [1.29, 1.82) is 0 Å². The van der Waals surface area contributed by atoms with Crippen LogP contribution >= 0.6 is 0 Å². The van der Waals surface area contributed by atoms with Gasteiger partial charge in [0.25, 0.3) is 0 Å². The summed E-state index contributed by atoms with van der Waals surface area (Å²) < 4.78 is 0. The van der Waals surface area contributed by atoms with E-state index in [1.165, 1.54) is 0 Å². The van der Waals surface area contributed by atoms with Crippen LogP contribution in [0.2, 0.25) is 0 Å². The Morgan fingerprint density at radius 2 is 1.00 bits per heavy atom. The molecule has 1 heterocycles. The zero-order chi connectivity index (χ0) is 4.24. The summed E-state index contributed by atoms with van der Waals surface area (Å²) in [5.41, 5.74) is 0. The summed E-state index contributed by atoms with van der Waals surface area (Å²) in [6.45, 7) is 4.56. The molecule has 1 saturated heterocycles. The maximum Gasteiger partial charge on any atom is 0.00772 e. The average molecular weight is 270 g/mol. The molecule has 1 fully saturated rings. The molecule has 0 aromatic heterocycles. The van der Waals surface area contributed by atoms with Gasteiger partial charge in [0.2, 0.25) is 0 Å². The molecule has 0 aromatic rings. The van der Waals surface area contributed by atoms with E-state index in [0.717, 1.165) is 26.2 Å². The van der Waals surface area contributed by atoms with E-state index >= 15 is 0 Å². The third-order valence-electron chi connectivity index (χ3n) is 0.957. The topological polar surface area (TPSA) is 24.1 Å². The molecule has 2 nitrogen and oxygen atoms in total. The molecule has 0 unspecified atom stereocenters. The summed E-state index contributed by atoms with van der Waals surface area (Å²) in [6, 6.07) is 0. The molecule has 42 valence electrons. The van der Waals surface area contributed by atoms with Crippen molar-refractivity contribution in [2.45, 2.75) is 0 Å². The van der Waals surface area contributed by atoms with E-state index in [1.54, 1.807) is 0 Å². The van der Waals surface area contributed by atoms with Crippen LogP contribution in [0.1, 0.15) is 0 Å². The van der Waals surface area contributed by atoms with Gasteiger partial charge in [0.05, 0.1) is 0 Å². The number of nitrogens with one attached hydrogen (secondary N) is 2. The molecular weight excluding hydrogens is 260 g/mol. The van der Waals surface area contributed by atoms with Gasteiger partial charge in [-0.2, -0.15) is 0 Å². The Labute approximate surface area is 58.3 Å². The second-order valence-corrected chi connectivity index (χ2v) is 1.50. The van der Waals surface area contributed by atoms with Gasteiger partial charge in [-0.1, -0.05) is 0 Å². The first-order valence-electron chi connectivity index (χ1n) is 2.41. The largest absolute Gasteiger partial charge is 0.314 e. The SMILES string of the molecule is C1CNCCN1.[W]. The van der Waals surface area contributed by atoms with E-state index in [4.69, 9.17) is 0 Å². The first-order chi connectivity index (χ1) is 3.00. The van der Waals surface area contributed by atoms with Crippen molar-refractivity contribution in [2.24, 2.45) is 0 Å². The minimum atomic E-state index is 0. The summed E-state index contributed by atoms with van der Waals surface area (Å²) in [4.78, 5) is 0. The van der Waals surface area contributed by atoms with Crippen LogP contribution in [-0.2, 0) is 21.1 Å². The minimum Gasteiger partial charge on any atom is -0.314 e. The molecule has 0 saturated carbocycles. The average Bonchev–Trinajstić information content (AvgIpc) is 1.72. The van der Waals surface area contributed by atoms with Crippen molar-refractivity contribution in [2.75, 3.05) is 26.2 Å². The van der Waals surface area contributed by atoms with Crippen LogP contribution in [0.25, 0.3) is 0 Å². The standard InChI is InChI=1S/C4H10N2.W/c1-2-6-4-3-5-1;/h5-6H,1-4H2;. The second-order valence-electron chi connectivity index (χ2n) is 1.50. The van der Waals surface area contributed by atoms with E-state index in [0.29, 0.717) is 0 Å². The smallest absolute Gasteiger partial charge is 0.00772 e. The van der Waals surface area contributed by atoms with Crippen LogP contribution in [0.5, 0.6) is 0 Å². The van der Waals surface area contributed by atoms with Crippen LogP contribution in [-0.4, -0.2) is 26.2 Å². The zero-order valence-corrected chi connectivity index (χ0v) is 7.17. The summed E-state index contributed by atoms with van der Waals surface area (Å²) in [5, 5.41) is 6.44. The zero-order valence-electron chi connectivity index (χ0n) is 4.24. The van der Waals surface area contributed by atoms with Gasteiger partial charge in [-0.05, 0) is 0 Å². The molecule has 0 bridgehead atoms. The van der Waals surface area contributed by atoms with E-state index in [9.17, 15) is 0 Å². The van der Waals surface area contributed by atoms with Crippen LogP contribution in [0.15, 0.2) is 0 Å². The molecular formula is C4H10N2W. The third-order valence-corrected chi connectivity index (χ3v) is 0.957. The molecule has 7 heavy (non-hydrogen) atoms. The maximum atomic E-state index is 3.22. The molecule has 0 aromatic carbocycles. The van der Waals surface area contributed by atoms with Crippen molar-refractivity contribution in [1.82, 2.24) is 10.6 Å². The van der Waals surface area contributed by atoms with Crippen LogP contribution in [0, 0.1) is 0 Å². The number of piperazine rings is 1. The Morgan fingerprint density at radius 1 is 0.714 bits per heavy atom. The third kappa shape index (κ3) is 3.21. The van der Waals surface area contributed by atoms with Crippen LogP contribution in [0.4, 0.5) is 0 Å². The first kappa shape index (κ1) is 7.61. The Bertz CT molecular complexity index is 25.2. The van der Waals surface area contributed by atoms with Crippen molar-refractivity contribution in [3.05, 3.63) is 0 Å². The molecule has 0 amide bonds. The van der Waals surface area contributed by atoms with Gasteiger partial charge >= 0.3 is 0 Å². The molecule has 0 aliphatic carbocycles. The molecule has 1 aliphatic rings. The Hall–Kier alpha value is 0.608. The van der Waals surface area contributed by atoms with Gasteiger partial charge in [-0.25, -0.2) is 0 Å². The van der Waals surface area contributed by atoms with E-state index in [2.05, 4.69) is 10.6 Å². The van der Waals surface area contributed by atoms with Gasteiger partial charge in [0.15, 0.2) is 0 Å². The van der Waals surface area contributed by atoms with Crippen LogP contribution in [0.3, 0.4) is 0 Å². The van der Waals surface area contributed by atoms with E-state index < -0.39 is 0 Å². The molecule has 1 aliphatic heterocycles. The molecule has 0 radical (unpaired) electrons. The summed E-state index contributed by atoms with van der Waals surface area (Å²) >= 11 is 0. The Balaban J connectivity index is 0.000000360. The van der Waals surface area contributed by atoms with Gasteiger partial charge in [-0.15, -0.1) is 0 Å². The summed E-state index contributed by atoms with van der Waals surface area (Å²) in [5.74, 6) is 0. The van der Waals surface area contributed by atoms with Gasteiger partial charge in [0.1, 0.15) is 0 Å². The fourth-order valence-electron chi connectivity index (χ4n) is 0.604. The van der Waals surface area contributed by atoms with E-state index in [-0.39, 0.29) is 21.1 Å². The predicted molar refractivity (Wildman–Crippen MR) is 25.7 cm³/mol. The van der Waals surface area contributed by atoms with Gasteiger partial charge in [-0.3, -0.25) is 0 Å².